The highest BCUT2D eigenvalue weighted by Gasteiger charge is 2.41. The summed E-state index contributed by atoms with van der Waals surface area (Å²) in [7, 11) is 0. The summed E-state index contributed by atoms with van der Waals surface area (Å²) in [5, 5.41) is 15.0. The number of nitrogens with zero attached hydrogens (tertiary/aromatic N) is 3. The molecule has 1 aromatic heterocycles. The average molecular weight is 293 g/mol. The Hall–Kier alpha value is -1.92. The van der Waals surface area contributed by atoms with E-state index < -0.39 is 4.92 Å². The van der Waals surface area contributed by atoms with Crippen molar-refractivity contribution < 1.29 is 14.5 Å². The summed E-state index contributed by atoms with van der Waals surface area (Å²) in [6.45, 7) is 3.11. The number of aromatic nitrogens is 2. The van der Waals surface area contributed by atoms with E-state index in [0.717, 1.165) is 12.8 Å². The summed E-state index contributed by atoms with van der Waals surface area (Å²) in [6.07, 6.45) is 4.57. The maximum Gasteiger partial charge on any atom is 0.328 e. The first-order valence-electron chi connectivity index (χ1n) is 7.33. The van der Waals surface area contributed by atoms with E-state index in [0.29, 0.717) is 23.2 Å². The van der Waals surface area contributed by atoms with Gasteiger partial charge in [0.05, 0.1) is 4.92 Å². The molecule has 0 saturated heterocycles. The Bertz CT molecular complexity index is 595. The van der Waals surface area contributed by atoms with Crippen LogP contribution in [0.15, 0.2) is 0 Å². The molecule has 0 spiro atoms. The van der Waals surface area contributed by atoms with Gasteiger partial charge in [-0.2, -0.15) is 5.10 Å². The number of hydrogen-bond acceptors (Lipinski definition) is 5. The monoisotopic (exact) mass is 293 g/mol. The van der Waals surface area contributed by atoms with Crippen LogP contribution in [0.4, 0.5) is 5.69 Å². The molecule has 2 fully saturated rings. The molecule has 0 aliphatic heterocycles. The Labute approximate surface area is 122 Å². The zero-order chi connectivity index (χ0) is 15.1. The molecule has 2 saturated carbocycles. The predicted molar refractivity (Wildman–Crippen MR) is 73.7 cm³/mol. The zero-order valence-electron chi connectivity index (χ0n) is 12.2. The third-order valence-electron chi connectivity index (χ3n) is 4.76. The first-order valence-corrected chi connectivity index (χ1v) is 7.33. The minimum atomic E-state index is -0.463. The van der Waals surface area contributed by atoms with E-state index in [2.05, 4.69) is 5.10 Å². The summed E-state index contributed by atoms with van der Waals surface area (Å²) in [5.41, 5.74) is 0.690. The van der Waals surface area contributed by atoms with Gasteiger partial charge in [-0.25, -0.2) is 0 Å². The van der Waals surface area contributed by atoms with Crippen LogP contribution in [-0.4, -0.2) is 26.8 Å². The van der Waals surface area contributed by atoms with Gasteiger partial charge in [0.25, 0.3) is 0 Å². The number of carbonyl (C=O) groups excluding carboxylic acids is 1. The molecule has 7 nitrogen and oxygen atoms in total. The van der Waals surface area contributed by atoms with Gasteiger partial charge in [0.2, 0.25) is 0 Å². The van der Waals surface area contributed by atoms with Gasteiger partial charge >= 0.3 is 11.7 Å². The third kappa shape index (κ3) is 2.52. The number of aryl methyl sites for hydroxylation is 1. The number of nitro groups is 1. The molecule has 2 aliphatic carbocycles. The van der Waals surface area contributed by atoms with Gasteiger partial charge in [-0.05, 0) is 51.4 Å². The smallest absolute Gasteiger partial charge is 0.328 e. The van der Waals surface area contributed by atoms with Crippen molar-refractivity contribution in [3.63, 3.8) is 0 Å². The van der Waals surface area contributed by atoms with Crippen molar-refractivity contribution in [1.29, 1.82) is 0 Å². The Morgan fingerprint density at radius 2 is 2.19 bits per heavy atom. The molecule has 3 rings (SSSR count). The molecule has 0 amide bonds. The second-order valence-electron chi connectivity index (χ2n) is 6.14. The van der Waals surface area contributed by atoms with Gasteiger partial charge < -0.3 is 4.74 Å². The van der Waals surface area contributed by atoms with Crippen molar-refractivity contribution in [3.8, 4) is 0 Å². The largest absolute Gasteiger partial charge is 0.461 e. The molecule has 1 heterocycles. The van der Waals surface area contributed by atoms with Crippen LogP contribution in [0.2, 0.25) is 0 Å². The van der Waals surface area contributed by atoms with Crippen molar-refractivity contribution in [2.24, 2.45) is 11.8 Å². The van der Waals surface area contributed by atoms with E-state index in [1.807, 2.05) is 0 Å². The highest BCUT2D eigenvalue weighted by molar-refractivity contribution is 5.69. The minimum Gasteiger partial charge on any atom is -0.461 e. The lowest BCUT2D eigenvalue weighted by Crippen LogP contribution is -2.26. The summed E-state index contributed by atoms with van der Waals surface area (Å²) < 4.78 is 6.91. The molecule has 2 bridgehead atoms. The summed E-state index contributed by atoms with van der Waals surface area (Å²) >= 11 is 0. The zero-order valence-corrected chi connectivity index (χ0v) is 12.2. The quantitative estimate of drug-likeness (QED) is 0.482. The molecule has 114 valence electrons. The molecule has 0 N–H and O–H groups in total. The Morgan fingerprint density at radius 1 is 1.43 bits per heavy atom. The minimum absolute atomic E-state index is 0.0253. The number of carbonyl (C=O) groups is 1. The lowest BCUT2D eigenvalue weighted by molar-refractivity contribution is -0.386. The molecule has 3 atom stereocenters. The molecule has 0 radical (unpaired) electrons. The molecule has 3 unspecified atom stereocenters. The Kier molecular flexibility index (Phi) is 3.43. The number of fused-ring (bicyclic) bond motifs is 2. The molecule has 7 heteroatoms. The van der Waals surface area contributed by atoms with Crippen molar-refractivity contribution in [2.75, 3.05) is 0 Å². The van der Waals surface area contributed by atoms with Gasteiger partial charge in [0.15, 0.2) is 0 Å². The SMILES string of the molecule is Cc1nn(CC(=O)OC2CC3CCC2C3)c(C)c1[N+](=O)[O-]. The molecule has 21 heavy (non-hydrogen) atoms. The number of ether oxygens (including phenoxy) is 1. The standard InChI is InChI=1S/C14H19N3O4/c1-8-14(17(19)20)9(2)16(15-8)7-13(18)21-12-6-10-3-4-11(12)5-10/h10-12H,3-7H2,1-2H3. The van der Waals surface area contributed by atoms with Crippen molar-refractivity contribution in [2.45, 2.75) is 52.2 Å². The Balaban J connectivity index is 1.65. The van der Waals surface area contributed by atoms with E-state index in [1.165, 1.54) is 17.5 Å². The molecular formula is C14H19N3O4. The van der Waals surface area contributed by atoms with Crippen molar-refractivity contribution >= 4 is 11.7 Å². The van der Waals surface area contributed by atoms with E-state index in [-0.39, 0.29) is 24.3 Å². The number of esters is 1. The molecular weight excluding hydrogens is 274 g/mol. The molecule has 2 aliphatic rings. The average Bonchev–Trinajstić information content (AvgIpc) is 3.05. The summed E-state index contributed by atoms with van der Waals surface area (Å²) in [5.74, 6) is 0.865. The maximum atomic E-state index is 12.0. The normalized spacial score (nSPS) is 27.0. The van der Waals surface area contributed by atoms with E-state index in [9.17, 15) is 14.9 Å². The highest BCUT2D eigenvalue weighted by Crippen LogP contribution is 2.45. The van der Waals surface area contributed by atoms with Crippen molar-refractivity contribution in [1.82, 2.24) is 9.78 Å². The second kappa shape index (κ2) is 5.13. The fourth-order valence-electron chi connectivity index (χ4n) is 3.76. The Morgan fingerprint density at radius 3 is 2.71 bits per heavy atom. The van der Waals surface area contributed by atoms with Crippen LogP contribution in [0.1, 0.15) is 37.1 Å². The lowest BCUT2D eigenvalue weighted by Gasteiger charge is -2.21. The van der Waals surface area contributed by atoms with Gasteiger partial charge in [0.1, 0.15) is 24.0 Å². The van der Waals surface area contributed by atoms with Crippen LogP contribution >= 0.6 is 0 Å². The van der Waals surface area contributed by atoms with Gasteiger partial charge in [-0.15, -0.1) is 0 Å². The maximum absolute atomic E-state index is 12.0. The van der Waals surface area contributed by atoms with Crippen LogP contribution in [0.3, 0.4) is 0 Å². The fourth-order valence-corrected chi connectivity index (χ4v) is 3.76. The van der Waals surface area contributed by atoms with Crippen molar-refractivity contribution in [3.05, 3.63) is 21.5 Å². The number of rotatable bonds is 4. The van der Waals surface area contributed by atoms with Gasteiger partial charge in [-0.1, -0.05) is 0 Å². The first-order chi connectivity index (χ1) is 9.95. The van der Waals surface area contributed by atoms with Crippen LogP contribution in [0.25, 0.3) is 0 Å². The highest BCUT2D eigenvalue weighted by atomic mass is 16.6. The van der Waals surface area contributed by atoms with Crippen LogP contribution in [-0.2, 0) is 16.1 Å². The topological polar surface area (TPSA) is 87.3 Å². The molecule has 0 aromatic carbocycles. The van der Waals surface area contributed by atoms with Gasteiger partial charge in [0, 0.05) is 0 Å². The van der Waals surface area contributed by atoms with E-state index >= 15 is 0 Å². The van der Waals surface area contributed by atoms with Crippen LogP contribution < -0.4 is 0 Å². The van der Waals surface area contributed by atoms with Crippen LogP contribution in [0, 0.1) is 35.8 Å². The lowest BCUT2D eigenvalue weighted by atomic mass is 9.98. The third-order valence-corrected chi connectivity index (χ3v) is 4.76. The summed E-state index contributed by atoms with van der Waals surface area (Å²) in [4.78, 5) is 22.5. The van der Waals surface area contributed by atoms with E-state index in [1.54, 1.807) is 13.8 Å². The van der Waals surface area contributed by atoms with E-state index in [4.69, 9.17) is 4.74 Å². The molecule has 1 aromatic rings. The fraction of sp³-hybridized carbons (Fsp3) is 0.714. The summed E-state index contributed by atoms with van der Waals surface area (Å²) in [6, 6.07) is 0. The second-order valence-corrected chi connectivity index (χ2v) is 6.14. The van der Waals surface area contributed by atoms with Gasteiger partial charge in [-0.3, -0.25) is 19.6 Å². The predicted octanol–water partition coefficient (Wildman–Crippen LogP) is 2.14. The number of hydrogen-bond donors (Lipinski definition) is 0. The van der Waals surface area contributed by atoms with Crippen LogP contribution in [0.5, 0.6) is 0 Å². The first kappa shape index (κ1) is 14.0.